The van der Waals surface area contributed by atoms with E-state index in [1.165, 1.54) is 30.2 Å². The molecule has 4 aromatic rings. The Bertz CT molecular complexity index is 1330. The molecule has 0 aliphatic carbocycles. The van der Waals surface area contributed by atoms with Gasteiger partial charge in [0.05, 0.1) is 36.0 Å². The average molecular weight is 466 g/mol. The maximum Gasteiger partial charge on any atom is 0.350 e. The number of carbonyl (C=O) groups is 2. The summed E-state index contributed by atoms with van der Waals surface area (Å²) >= 11 is 2.36. The lowest BCUT2D eigenvalue weighted by molar-refractivity contribution is -0.113. The van der Waals surface area contributed by atoms with Crippen molar-refractivity contribution >= 4 is 51.6 Å². The number of methoxy groups -OCH3 is 1. The molecule has 0 bridgehead atoms. The molecule has 162 valence electrons. The van der Waals surface area contributed by atoms with Gasteiger partial charge in [-0.15, -0.1) is 11.3 Å². The third-order valence-corrected chi connectivity index (χ3v) is 6.52. The van der Waals surface area contributed by atoms with E-state index in [0.29, 0.717) is 33.2 Å². The molecule has 0 atom stereocenters. The van der Waals surface area contributed by atoms with Crippen LogP contribution in [0.25, 0.3) is 10.9 Å². The molecule has 0 fully saturated rings. The Morgan fingerprint density at radius 1 is 1.09 bits per heavy atom. The predicted molar refractivity (Wildman–Crippen MR) is 127 cm³/mol. The van der Waals surface area contributed by atoms with Crippen LogP contribution in [-0.2, 0) is 16.1 Å². The van der Waals surface area contributed by atoms with Gasteiger partial charge >= 0.3 is 5.97 Å². The molecule has 9 heteroatoms. The van der Waals surface area contributed by atoms with Gasteiger partial charge in [0.25, 0.3) is 5.56 Å². The normalized spacial score (nSPS) is 10.8. The summed E-state index contributed by atoms with van der Waals surface area (Å²) in [7, 11) is 1.29. The van der Waals surface area contributed by atoms with E-state index in [1.54, 1.807) is 34.2 Å². The van der Waals surface area contributed by atoms with Crippen molar-refractivity contribution in [2.45, 2.75) is 11.7 Å². The number of esters is 1. The largest absolute Gasteiger partial charge is 0.465 e. The Kier molecular flexibility index (Phi) is 6.67. The maximum atomic E-state index is 13.2. The first-order chi connectivity index (χ1) is 15.6. The number of hydrogen-bond acceptors (Lipinski definition) is 7. The van der Waals surface area contributed by atoms with Gasteiger partial charge in [-0.25, -0.2) is 9.78 Å². The molecule has 1 N–H and O–H groups in total. The molecule has 2 aromatic heterocycles. The molecule has 0 saturated heterocycles. The summed E-state index contributed by atoms with van der Waals surface area (Å²) in [5, 5.41) is 5.41. The lowest BCUT2D eigenvalue weighted by Gasteiger charge is -2.13. The van der Waals surface area contributed by atoms with Gasteiger partial charge in [0.2, 0.25) is 5.91 Å². The number of thioether (sulfide) groups is 1. The third kappa shape index (κ3) is 4.74. The van der Waals surface area contributed by atoms with Gasteiger partial charge in [0, 0.05) is 0 Å². The highest BCUT2D eigenvalue weighted by molar-refractivity contribution is 7.99. The fraction of sp³-hybridized carbons (Fsp3) is 0.130. The summed E-state index contributed by atoms with van der Waals surface area (Å²) in [5.74, 6) is -0.793. The summed E-state index contributed by atoms with van der Waals surface area (Å²) < 4.78 is 6.32. The first-order valence-corrected chi connectivity index (χ1v) is 11.6. The Hall–Kier alpha value is -3.43. The Morgan fingerprint density at radius 2 is 1.84 bits per heavy atom. The van der Waals surface area contributed by atoms with Crippen molar-refractivity contribution in [3.05, 3.63) is 86.8 Å². The molecule has 2 heterocycles. The van der Waals surface area contributed by atoms with E-state index in [-0.39, 0.29) is 17.2 Å². The van der Waals surface area contributed by atoms with Crippen molar-refractivity contribution in [3.8, 4) is 0 Å². The van der Waals surface area contributed by atoms with Crippen LogP contribution in [-0.4, -0.2) is 34.3 Å². The number of thiophene rings is 1. The highest BCUT2D eigenvalue weighted by Crippen LogP contribution is 2.24. The zero-order valence-corrected chi connectivity index (χ0v) is 18.7. The predicted octanol–water partition coefficient (Wildman–Crippen LogP) is 4.02. The highest BCUT2D eigenvalue weighted by Gasteiger charge is 2.17. The number of nitrogens with one attached hydrogen (secondary N) is 1. The van der Waals surface area contributed by atoms with Crippen LogP contribution < -0.4 is 10.9 Å². The van der Waals surface area contributed by atoms with Gasteiger partial charge in [-0.3, -0.25) is 14.2 Å². The second kappa shape index (κ2) is 9.80. The monoisotopic (exact) mass is 465 g/mol. The Morgan fingerprint density at radius 3 is 2.62 bits per heavy atom. The van der Waals surface area contributed by atoms with Crippen molar-refractivity contribution in [1.29, 1.82) is 0 Å². The standard InChI is InChI=1S/C23H19N3O4S2/c1-30-22(29)20-18(11-12-31-20)24-19(27)14-32-23-25-17-10-6-5-9-16(17)21(28)26(23)13-15-7-3-2-4-8-15/h2-12H,13-14H2,1H3,(H,24,27). The van der Waals surface area contributed by atoms with E-state index < -0.39 is 5.97 Å². The topological polar surface area (TPSA) is 90.3 Å². The Labute approximate surface area is 192 Å². The fourth-order valence-electron chi connectivity index (χ4n) is 3.14. The lowest BCUT2D eigenvalue weighted by atomic mass is 10.2. The zero-order chi connectivity index (χ0) is 22.5. The Balaban J connectivity index is 1.59. The van der Waals surface area contributed by atoms with Crippen LogP contribution in [0.3, 0.4) is 0 Å². The number of benzene rings is 2. The minimum Gasteiger partial charge on any atom is -0.465 e. The summed E-state index contributed by atoms with van der Waals surface area (Å²) in [6.07, 6.45) is 0. The smallest absolute Gasteiger partial charge is 0.350 e. The summed E-state index contributed by atoms with van der Waals surface area (Å²) in [5.41, 5.74) is 1.78. The quantitative estimate of drug-likeness (QED) is 0.252. The van der Waals surface area contributed by atoms with Crippen molar-refractivity contribution in [2.24, 2.45) is 0 Å². The molecular weight excluding hydrogens is 446 g/mol. The molecule has 0 aliphatic rings. The van der Waals surface area contributed by atoms with Gasteiger partial charge < -0.3 is 10.1 Å². The summed E-state index contributed by atoms with van der Waals surface area (Å²) in [4.78, 5) is 42.5. The number of para-hydroxylation sites is 1. The first kappa shape index (κ1) is 21.8. The molecule has 0 radical (unpaired) electrons. The molecule has 0 unspecified atom stereocenters. The van der Waals surface area contributed by atoms with Crippen molar-refractivity contribution in [2.75, 3.05) is 18.2 Å². The molecule has 0 saturated carbocycles. The maximum absolute atomic E-state index is 13.2. The molecule has 32 heavy (non-hydrogen) atoms. The van der Waals surface area contributed by atoms with Gasteiger partial charge in [0.15, 0.2) is 5.16 Å². The molecule has 1 amide bonds. The average Bonchev–Trinajstić information content (AvgIpc) is 3.28. The SMILES string of the molecule is COC(=O)c1sccc1NC(=O)CSc1nc2ccccc2c(=O)n1Cc1ccccc1. The van der Waals surface area contributed by atoms with Gasteiger partial charge in [0.1, 0.15) is 4.88 Å². The molecule has 0 spiro atoms. The van der Waals surface area contributed by atoms with E-state index in [4.69, 9.17) is 4.74 Å². The highest BCUT2D eigenvalue weighted by atomic mass is 32.2. The van der Waals surface area contributed by atoms with Crippen LogP contribution in [0.1, 0.15) is 15.2 Å². The molecule has 0 aliphatic heterocycles. The van der Waals surface area contributed by atoms with E-state index in [0.717, 1.165) is 5.56 Å². The van der Waals surface area contributed by atoms with Crippen LogP contribution in [0.2, 0.25) is 0 Å². The molecular formula is C23H19N3O4S2. The third-order valence-electron chi connectivity index (χ3n) is 4.65. The number of carbonyl (C=O) groups excluding carboxylic acids is 2. The number of hydrogen-bond donors (Lipinski definition) is 1. The van der Waals surface area contributed by atoms with Gasteiger partial charge in [-0.1, -0.05) is 54.2 Å². The van der Waals surface area contributed by atoms with Crippen molar-refractivity contribution < 1.29 is 14.3 Å². The lowest BCUT2D eigenvalue weighted by Crippen LogP contribution is -2.25. The number of rotatable bonds is 7. The second-order valence-corrected chi connectivity index (χ2v) is 8.64. The van der Waals surface area contributed by atoms with Crippen LogP contribution in [0.4, 0.5) is 5.69 Å². The minimum absolute atomic E-state index is 0.0238. The van der Waals surface area contributed by atoms with Crippen LogP contribution in [0.15, 0.2) is 76.0 Å². The number of aromatic nitrogens is 2. The van der Waals surface area contributed by atoms with Crippen molar-refractivity contribution in [3.63, 3.8) is 0 Å². The van der Waals surface area contributed by atoms with Crippen LogP contribution >= 0.6 is 23.1 Å². The number of ether oxygens (including phenoxy) is 1. The molecule has 7 nitrogen and oxygen atoms in total. The van der Waals surface area contributed by atoms with E-state index in [2.05, 4.69) is 10.3 Å². The summed E-state index contributed by atoms with van der Waals surface area (Å²) in [6.45, 7) is 0.346. The molecule has 2 aromatic carbocycles. The number of anilines is 1. The number of fused-ring (bicyclic) bond motifs is 1. The van der Waals surface area contributed by atoms with E-state index in [9.17, 15) is 14.4 Å². The minimum atomic E-state index is -0.504. The van der Waals surface area contributed by atoms with Crippen LogP contribution in [0.5, 0.6) is 0 Å². The van der Waals surface area contributed by atoms with E-state index >= 15 is 0 Å². The zero-order valence-electron chi connectivity index (χ0n) is 17.1. The number of nitrogens with zero attached hydrogens (tertiary/aromatic N) is 2. The number of amides is 1. The van der Waals surface area contributed by atoms with Crippen molar-refractivity contribution in [1.82, 2.24) is 9.55 Å². The van der Waals surface area contributed by atoms with E-state index in [1.807, 2.05) is 36.4 Å². The fourth-order valence-corrected chi connectivity index (χ4v) is 4.70. The van der Waals surface area contributed by atoms with Gasteiger partial charge in [-0.2, -0.15) is 0 Å². The molecule has 4 rings (SSSR count). The summed E-state index contributed by atoms with van der Waals surface area (Å²) in [6, 6.07) is 18.4. The first-order valence-electron chi connectivity index (χ1n) is 9.69. The van der Waals surface area contributed by atoms with Gasteiger partial charge in [-0.05, 0) is 29.1 Å². The second-order valence-electron chi connectivity index (χ2n) is 6.78. The van der Waals surface area contributed by atoms with Crippen LogP contribution in [0, 0.1) is 0 Å².